The predicted octanol–water partition coefficient (Wildman–Crippen LogP) is 1.91. The van der Waals surface area contributed by atoms with E-state index in [9.17, 15) is 0 Å². The zero-order chi connectivity index (χ0) is 13.4. The maximum atomic E-state index is 6.09. The topological polar surface area (TPSA) is 52.0 Å². The predicted molar refractivity (Wildman–Crippen MR) is 70.3 cm³/mol. The highest BCUT2D eigenvalue weighted by atomic mass is 16.5. The monoisotopic (exact) mass is 252 g/mol. The molecule has 1 aromatic rings. The second-order valence-corrected chi connectivity index (χ2v) is 6.11. The molecule has 1 unspecified atom stereocenters. The maximum Gasteiger partial charge on any atom is 0.164 e. The van der Waals surface area contributed by atoms with Gasteiger partial charge in [0.05, 0.1) is 23.8 Å². The number of ether oxygens (including phenoxy) is 1. The summed E-state index contributed by atoms with van der Waals surface area (Å²) in [4.78, 5) is 4.35. The lowest BCUT2D eigenvalue weighted by molar-refractivity contribution is -0.0737. The Morgan fingerprint density at radius 1 is 1.44 bits per heavy atom. The molecule has 2 heterocycles. The lowest BCUT2D eigenvalue weighted by atomic mass is 9.95. The first-order valence-corrected chi connectivity index (χ1v) is 6.65. The minimum absolute atomic E-state index is 0.0953. The van der Waals surface area contributed by atoms with E-state index >= 15 is 0 Å². The molecule has 1 atom stereocenters. The van der Waals surface area contributed by atoms with Gasteiger partial charge in [-0.25, -0.2) is 9.67 Å². The van der Waals surface area contributed by atoms with Crippen LogP contribution < -0.4 is 5.32 Å². The Hall–Kier alpha value is -0.940. The van der Waals surface area contributed by atoms with Crippen LogP contribution in [0.3, 0.4) is 0 Å². The minimum atomic E-state index is -0.202. The molecule has 0 radical (unpaired) electrons. The highest BCUT2D eigenvalue weighted by Gasteiger charge is 2.47. The molecule has 1 aliphatic heterocycles. The van der Waals surface area contributed by atoms with E-state index in [1.807, 2.05) is 11.0 Å². The van der Waals surface area contributed by atoms with E-state index in [4.69, 9.17) is 4.74 Å². The third kappa shape index (κ3) is 2.72. The molecule has 0 aliphatic carbocycles. The van der Waals surface area contributed by atoms with Gasteiger partial charge in [0.2, 0.25) is 0 Å². The summed E-state index contributed by atoms with van der Waals surface area (Å²) in [5, 5.41) is 7.79. The zero-order valence-corrected chi connectivity index (χ0v) is 12.0. The number of hydrogen-bond acceptors (Lipinski definition) is 4. The summed E-state index contributed by atoms with van der Waals surface area (Å²) in [6.07, 6.45) is 2.79. The van der Waals surface area contributed by atoms with Crippen molar-refractivity contribution in [3.8, 4) is 0 Å². The largest absolute Gasteiger partial charge is 0.367 e. The lowest BCUT2D eigenvalue weighted by Gasteiger charge is -2.26. The standard InChI is InChI=1S/C13H24N4O/c1-6-14-8-11-15-9-17(16-11)10-7-12(2,3)18-13(10,4)5/h9-10,14H,6-8H2,1-5H3. The highest BCUT2D eigenvalue weighted by Crippen LogP contribution is 2.44. The number of nitrogens with one attached hydrogen (secondary N) is 1. The molecule has 0 spiro atoms. The van der Waals surface area contributed by atoms with Crippen LogP contribution in [0.2, 0.25) is 0 Å². The van der Waals surface area contributed by atoms with E-state index in [0.29, 0.717) is 0 Å². The third-order valence-electron chi connectivity index (χ3n) is 3.44. The van der Waals surface area contributed by atoms with Crippen molar-refractivity contribution in [2.24, 2.45) is 0 Å². The van der Waals surface area contributed by atoms with Crippen molar-refractivity contribution >= 4 is 0 Å². The van der Waals surface area contributed by atoms with Crippen LogP contribution in [0.4, 0.5) is 0 Å². The van der Waals surface area contributed by atoms with Crippen molar-refractivity contribution in [2.75, 3.05) is 6.54 Å². The average molecular weight is 252 g/mol. The van der Waals surface area contributed by atoms with Crippen LogP contribution in [0.5, 0.6) is 0 Å². The second-order valence-electron chi connectivity index (χ2n) is 6.11. The number of nitrogens with zero attached hydrogens (tertiary/aromatic N) is 3. The van der Waals surface area contributed by atoms with Crippen LogP contribution in [-0.2, 0) is 11.3 Å². The normalized spacial score (nSPS) is 25.5. The van der Waals surface area contributed by atoms with Gasteiger partial charge in [-0.05, 0) is 34.2 Å². The molecule has 1 aliphatic rings. The number of hydrogen-bond donors (Lipinski definition) is 1. The Bertz CT molecular complexity index is 411. The van der Waals surface area contributed by atoms with Gasteiger partial charge in [0.15, 0.2) is 5.82 Å². The SMILES string of the molecule is CCNCc1ncn(C2CC(C)(C)OC2(C)C)n1. The zero-order valence-electron chi connectivity index (χ0n) is 12.0. The van der Waals surface area contributed by atoms with E-state index in [0.717, 1.165) is 25.3 Å². The Morgan fingerprint density at radius 2 is 2.17 bits per heavy atom. The van der Waals surface area contributed by atoms with Gasteiger partial charge in [0, 0.05) is 6.42 Å². The Labute approximate surface area is 109 Å². The molecule has 2 rings (SSSR count). The molecule has 1 N–H and O–H groups in total. The van der Waals surface area contributed by atoms with E-state index in [-0.39, 0.29) is 17.2 Å². The van der Waals surface area contributed by atoms with Gasteiger partial charge in [0.1, 0.15) is 6.33 Å². The second kappa shape index (κ2) is 4.63. The summed E-state index contributed by atoms with van der Waals surface area (Å²) in [7, 11) is 0. The molecule has 1 aromatic heterocycles. The van der Waals surface area contributed by atoms with Gasteiger partial charge in [-0.2, -0.15) is 5.10 Å². The first-order chi connectivity index (χ1) is 8.34. The molecule has 102 valence electrons. The molecule has 0 aromatic carbocycles. The summed E-state index contributed by atoms with van der Waals surface area (Å²) in [5.41, 5.74) is -0.297. The Morgan fingerprint density at radius 3 is 2.72 bits per heavy atom. The Kier molecular flexibility index (Phi) is 3.47. The van der Waals surface area contributed by atoms with Crippen LogP contribution in [0.25, 0.3) is 0 Å². The molecule has 0 saturated carbocycles. The fraction of sp³-hybridized carbons (Fsp3) is 0.846. The first-order valence-electron chi connectivity index (χ1n) is 6.65. The van der Waals surface area contributed by atoms with Crippen molar-refractivity contribution in [3.05, 3.63) is 12.2 Å². The van der Waals surface area contributed by atoms with Gasteiger partial charge in [-0.3, -0.25) is 0 Å². The van der Waals surface area contributed by atoms with Gasteiger partial charge in [-0.15, -0.1) is 0 Å². The molecule has 1 fully saturated rings. The van der Waals surface area contributed by atoms with Gasteiger partial charge in [0.25, 0.3) is 0 Å². The summed E-state index contributed by atoms with van der Waals surface area (Å²) in [5.74, 6) is 0.845. The van der Waals surface area contributed by atoms with E-state index in [2.05, 4.69) is 50.0 Å². The summed E-state index contributed by atoms with van der Waals surface area (Å²) in [6.45, 7) is 12.2. The third-order valence-corrected chi connectivity index (χ3v) is 3.44. The van der Waals surface area contributed by atoms with Crippen LogP contribution >= 0.6 is 0 Å². The molecule has 1 saturated heterocycles. The summed E-state index contributed by atoms with van der Waals surface area (Å²) >= 11 is 0. The fourth-order valence-electron chi connectivity index (χ4n) is 2.72. The first kappa shape index (κ1) is 13.5. The Balaban J connectivity index is 2.14. The molecular weight excluding hydrogens is 228 g/mol. The van der Waals surface area contributed by atoms with Crippen molar-refractivity contribution in [1.29, 1.82) is 0 Å². The minimum Gasteiger partial charge on any atom is -0.367 e. The number of rotatable bonds is 4. The quantitative estimate of drug-likeness (QED) is 0.889. The molecule has 0 amide bonds. The van der Waals surface area contributed by atoms with Crippen molar-refractivity contribution in [3.63, 3.8) is 0 Å². The fourth-order valence-corrected chi connectivity index (χ4v) is 2.72. The molecular formula is C13H24N4O. The van der Waals surface area contributed by atoms with Gasteiger partial charge in [-0.1, -0.05) is 6.92 Å². The van der Waals surface area contributed by atoms with Crippen LogP contribution in [0.1, 0.15) is 52.9 Å². The highest BCUT2D eigenvalue weighted by molar-refractivity contribution is 4.98. The van der Waals surface area contributed by atoms with Gasteiger partial charge >= 0.3 is 0 Å². The van der Waals surface area contributed by atoms with Crippen LogP contribution in [0.15, 0.2) is 6.33 Å². The maximum absolute atomic E-state index is 6.09. The average Bonchev–Trinajstić information content (AvgIpc) is 2.77. The van der Waals surface area contributed by atoms with E-state index in [1.165, 1.54) is 0 Å². The lowest BCUT2D eigenvalue weighted by Crippen LogP contribution is -2.31. The smallest absolute Gasteiger partial charge is 0.164 e. The molecule has 5 heteroatoms. The van der Waals surface area contributed by atoms with Crippen LogP contribution in [0, 0.1) is 0 Å². The molecule has 5 nitrogen and oxygen atoms in total. The molecule has 18 heavy (non-hydrogen) atoms. The number of aromatic nitrogens is 3. The van der Waals surface area contributed by atoms with Crippen LogP contribution in [-0.4, -0.2) is 32.5 Å². The van der Waals surface area contributed by atoms with Crippen molar-refractivity contribution in [2.45, 2.75) is 64.8 Å². The van der Waals surface area contributed by atoms with Gasteiger partial charge < -0.3 is 10.1 Å². The van der Waals surface area contributed by atoms with E-state index in [1.54, 1.807) is 0 Å². The summed E-state index contributed by atoms with van der Waals surface area (Å²) < 4.78 is 8.05. The van der Waals surface area contributed by atoms with Crippen molar-refractivity contribution < 1.29 is 4.74 Å². The summed E-state index contributed by atoms with van der Waals surface area (Å²) in [6, 6.07) is 0.246. The molecule has 0 bridgehead atoms. The van der Waals surface area contributed by atoms with Crippen molar-refractivity contribution in [1.82, 2.24) is 20.1 Å². The van der Waals surface area contributed by atoms with E-state index < -0.39 is 0 Å².